The lowest BCUT2D eigenvalue weighted by molar-refractivity contribution is -0.143. The maximum atomic E-state index is 12.6. The molecule has 0 aliphatic heterocycles. The first-order valence-electron chi connectivity index (χ1n) is 39.5. The molecule has 0 aliphatic rings. The van der Waals surface area contributed by atoms with Gasteiger partial charge in [0.05, 0.1) is 25.4 Å². The van der Waals surface area contributed by atoms with Crippen LogP contribution >= 0.6 is 0 Å². The highest BCUT2D eigenvalue weighted by Crippen LogP contribution is 2.20. The minimum atomic E-state index is -0.844. The highest BCUT2D eigenvalue weighted by Gasteiger charge is 2.18. The van der Waals surface area contributed by atoms with Crippen LogP contribution in [0.3, 0.4) is 0 Å². The Morgan fingerprint density at radius 1 is 0.318 bits per heavy atom. The van der Waals surface area contributed by atoms with Crippen LogP contribution in [0.25, 0.3) is 0 Å². The van der Waals surface area contributed by atoms with Crippen LogP contribution in [-0.2, 0) is 14.3 Å². The number of ether oxygens (including phenoxy) is 1. The van der Waals surface area contributed by atoms with Crippen molar-refractivity contribution in [3.8, 4) is 0 Å². The fourth-order valence-electron chi connectivity index (χ4n) is 12.8. The van der Waals surface area contributed by atoms with E-state index in [1.807, 2.05) is 6.08 Å². The maximum absolute atomic E-state index is 12.6. The van der Waals surface area contributed by atoms with Crippen LogP contribution in [0.4, 0.5) is 0 Å². The van der Waals surface area contributed by atoms with Crippen molar-refractivity contribution >= 4 is 11.9 Å². The number of nitrogens with one attached hydrogen (secondary N) is 1. The van der Waals surface area contributed by atoms with Crippen LogP contribution in [0.1, 0.15) is 457 Å². The number of amides is 1. The summed E-state index contributed by atoms with van der Waals surface area (Å²) in [5.74, 6) is -0.0382. The third-order valence-electron chi connectivity index (χ3n) is 18.8. The van der Waals surface area contributed by atoms with Gasteiger partial charge in [0.2, 0.25) is 5.91 Å². The van der Waals surface area contributed by atoms with Gasteiger partial charge in [0, 0.05) is 12.8 Å². The third-order valence-corrected chi connectivity index (χ3v) is 18.8. The molecule has 0 aliphatic carbocycles. The van der Waals surface area contributed by atoms with Crippen LogP contribution in [0, 0.1) is 0 Å². The first-order valence-corrected chi connectivity index (χ1v) is 39.5. The van der Waals surface area contributed by atoms with Crippen molar-refractivity contribution in [1.82, 2.24) is 5.32 Å². The lowest BCUT2D eigenvalue weighted by Crippen LogP contribution is -2.45. The lowest BCUT2D eigenvalue weighted by Gasteiger charge is -2.20. The monoisotopic (exact) mass is 1200 g/mol. The molecule has 1 amide bonds. The number of rotatable bonds is 75. The zero-order valence-corrected chi connectivity index (χ0v) is 58.1. The van der Waals surface area contributed by atoms with E-state index >= 15 is 0 Å². The van der Waals surface area contributed by atoms with E-state index in [-0.39, 0.29) is 18.5 Å². The van der Waals surface area contributed by atoms with E-state index in [2.05, 4.69) is 19.2 Å². The van der Waals surface area contributed by atoms with Gasteiger partial charge in [-0.15, -0.1) is 0 Å². The van der Waals surface area contributed by atoms with E-state index in [0.29, 0.717) is 19.4 Å². The molecule has 0 fully saturated rings. The molecule has 0 saturated heterocycles. The minimum absolute atomic E-state index is 0.0223. The molecule has 85 heavy (non-hydrogen) atoms. The van der Waals surface area contributed by atoms with Crippen molar-refractivity contribution in [3.63, 3.8) is 0 Å². The summed E-state index contributed by atoms with van der Waals surface area (Å²) in [6.07, 6.45) is 94.7. The molecule has 2 atom stereocenters. The van der Waals surface area contributed by atoms with Gasteiger partial charge in [-0.1, -0.05) is 424 Å². The van der Waals surface area contributed by atoms with Crippen molar-refractivity contribution in [1.29, 1.82) is 0 Å². The molecule has 0 spiro atoms. The molecule has 0 heterocycles. The van der Waals surface area contributed by atoms with Crippen molar-refractivity contribution in [2.24, 2.45) is 0 Å². The Morgan fingerprint density at radius 2 is 0.541 bits per heavy atom. The molecule has 0 radical (unpaired) electrons. The second-order valence-corrected chi connectivity index (χ2v) is 27.4. The van der Waals surface area contributed by atoms with Gasteiger partial charge in [-0.05, 0) is 32.1 Å². The fourth-order valence-corrected chi connectivity index (χ4v) is 12.8. The summed E-state index contributed by atoms with van der Waals surface area (Å²) in [4.78, 5) is 24.7. The summed E-state index contributed by atoms with van der Waals surface area (Å²) >= 11 is 0. The molecule has 0 bridgehead atoms. The van der Waals surface area contributed by atoms with E-state index in [0.717, 1.165) is 38.5 Å². The normalized spacial score (nSPS) is 12.5. The predicted octanol–water partition coefficient (Wildman–Crippen LogP) is 25.9. The number of esters is 1. The largest absolute Gasteiger partial charge is 0.466 e. The summed E-state index contributed by atoms with van der Waals surface area (Å²) in [7, 11) is 0. The number of hydrogen-bond acceptors (Lipinski definition) is 5. The fraction of sp³-hybridized carbons (Fsp3) is 0.949. The molecular formula is C79H155NO5. The van der Waals surface area contributed by atoms with Gasteiger partial charge in [-0.3, -0.25) is 9.59 Å². The number of unbranched alkanes of at least 4 members (excludes halogenated alkanes) is 64. The average Bonchev–Trinajstić information content (AvgIpc) is 3.51. The number of carbonyl (C=O) groups is 2. The second-order valence-electron chi connectivity index (χ2n) is 27.4. The highest BCUT2D eigenvalue weighted by molar-refractivity contribution is 5.76. The van der Waals surface area contributed by atoms with Gasteiger partial charge in [0.15, 0.2) is 0 Å². The Hall–Kier alpha value is -1.40. The van der Waals surface area contributed by atoms with Crippen molar-refractivity contribution in [2.75, 3.05) is 13.2 Å². The van der Waals surface area contributed by atoms with Gasteiger partial charge in [0.25, 0.3) is 0 Å². The van der Waals surface area contributed by atoms with Gasteiger partial charge in [-0.2, -0.15) is 0 Å². The molecular weight excluding hydrogens is 1040 g/mol. The quantitative estimate of drug-likeness (QED) is 0.0320. The molecule has 2 unspecified atom stereocenters. The summed E-state index contributed by atoms with van der Waals surface area (Å²) in [6, 6.07) is -0.627. The van der Waals surface area contributed by atoms with Gasteiger partial charge < -0.3 is 20.3 Å². The average molecular weight is 1200 g/mol. The van der Waals surface area contributed by atoms with Crippen molar-refractivity contribution in [2.45, 2.75) is 469 Å². The Balaban J connectivity index is 3.36. The molecule has 6 heteroatoms. The van der Waals surface area contributed by atoms with Gasteiger partial charge in [0.1, 0.15) is 0 Å². The number of aliphatic hydroxyl groups is 2. The molecule has 6 nitrogen and oxygen atoms in total. The number of hydrogen-bond donors (Lipinski definition) is 3. The van der Waals surface area contributed by atoms with Gasteiger partial charge in [-0.25, -0.2) is 0 Å². The molecule has 3 N–H and O–H groups in total. The SMILES string of the molecule is CCCCCCCCCCCCCCCCCCCCCCCC/C=C/C(O)C(CO)NC(=O)CCCCCCCCCCCCCCCCCCCCCCCCCCCOC(=O)CCCCCCCCCCCCCCCCCCCCC. The van der Waals surface area contributed by atoms with E-state index in [1.165, 1.54) is 392 Å². The van der Waals surface area contributed by atoms with E-state index < -0.39 is 12.1 Å². The zero-order chi connectivity index (χ0) is 61.3. The van der Waals surface area contributed by atoms with Crippen molar-refractivity contribution < 1.29 is 24.5 Å². The number of aliphatic hydroxyl groups excluding tert-OH is 2. The number of carbonyl (C=O) groups excluding carboxylic acids is 2. The summed E-state index contributed by atoms with van der Waals surface area (Å²) < 4.78 is 5.52. The smallest absolute Gasteiger partial charge is 0.305 e. The van der Waals surface area contributed by atoms with E-state index in [1.54, 1.807) is 6.08 Å². The Morgan fingerprint density at radius 3 is 0.800 bits per heavy atom. The molecule has 506 valence electrons. The van der Waals surface area contributed by atoms with Crippen LogP contribution in [-0.4, -0.2) is 47.4 Å². The third kappa shape index (κ3) is 71.6. The van der Waals surface area contributed by atoms with Crippen LogP contribution in [0.2, 0.25) is 0 Å². The zero-order valence-electron chi connectivity index (χ0n) is 58.1. The Kier molecular flexibility index (Phi) is 73.8. The summed E-state index contributed by atoms with van der Waals surface area (Å²) in [5.41, 5.74) is 0. The molecule has 0 rings (SSSR count). The standard InChI is InChI=1S/C79H155NO5/c1-3-5-7-9-11-13-15-17-19-21-23-24-25-29-32-36-39-43-47-51-55-59-63-67-71-77(82)76(75-81)80-78(83)72-68-64-60-56-52-48-44-40-37-33-30-27-26-28-31-34-38-42-46-50-54-58-62-66-70-74-85-79(84)73-69-65-61-57-53-49-45-41-35-22-20-18-16-14-12-10-8-6-4-2/h67,71,76-77,81-82H,3-66,68-70,72-75H2,1-2H3,(H,80,83)/b71-67+. The Labute approximate surface area is 533 Å². The maximum Gasteiger partial charge on any atom is 0.305 e. The summed E-state index contributed by atoms with van der Waals surface area (Å²) in [6.45, 7) is 4.97. The van der Waals surface area contributed by atoms with E-state index in [4.69, 9.17) is 4.74 Å². The topological polar surface area (TPSA) is 95.9 Å². The second kappa shape index (κ2) is 75.1. The van der Waals surface area contributed by atoms with Crippen LogP contribution in [0.5, 0.6) is 0 Å². The van der Waals surface area contributed by atoms with Gasteiger partial charge >= 0.3 is 5.97 Å². The van der Waals surface area contributed by atoms with E-state index in [9.17, 15) is 19.8 Å². The predicted molar refractivity (Wildman–Crippen MR) is 375 cm³/mol. The minimum Gasteiger partial charge on any atom is -0.466 e. The first-order chi connectivity index (χ1) is 42.0. The molecule has 0 aromatic heterocycles. The van der Waals surface area contributed by atoms with Crippen LogP contribution < -0.4 is 5.32 Å². The molecule has 0 aromatic carbocycles. The Bertz CT molecular complexity index is 1290. The summed E-state index contributed by atoms with van der Waals surface area (Å²) in [5, 5.41) is 23.3. The lowest BCUT2D eigenvalue weighted by atomic mass is 10.0. The highest BCUT2D eigenvalue weighted by atomic mass is 16.5. The van der Waals surface area contributed by atoms with Crippen molar-refractivity contribution in [3.05, 3.63) is 12.2 Å². The molecule has 0 saturated carbocycles. The number of allylic oxidation sites excluding steroid dienone is 1. The first kappa shape index (κ1) is 83.6. The molecule has 0 aromatic rings. The van der Waals surface area contributed by atoms with Crippen LogP contribution in [0.15, 0.2) is 12.2 Å².